The molecule has 2 aromatic carbocycles. The summed E-state index contributed by atoms with van der Waals surface area (Å²) in [4.78, 5) is 37.1. The smallest absolute Gasteiger partial charge is 0.251 e. The lowest BCUT2D eigenvalue weighted by molar-refractivity contribution is -0.123. The number of nitrogens with zero attached hydrogens (tertiary/aromatic N) is 3. The van der Waals surface area contributed by atoms with Crippen LogP contribution in [0.1, 0.15) is 31.0 Å². The number of halogens is 1. The summed E-state index contributed by atoms with van der Waals surface area (Å²) < 4.78 is 0. The van der Waals surface area contributed by atoms with Crippen LogP contribution in [-0.2, 0) is 9.59 Å². The third-order valence-electron chi connectivity index (χ3n) is 5.95. The fourth-order valence-corrected chi connectivity index (χ4v) is 4.62. The molecule has 1 N–H and O–H groups in total. The van der Waals surface area contributed by atoms with Gasteiger partial charge in [-0.05, 0) is 56.3 Å². The highest BCUT2D eigenvalue weighted by molar-refractivity contribution is 6.31. The number of H-pyrrole nitrogens is 1. The number of carbonyl (C=O) groups excluding carboxylic acids is 2. The number of aromatic nitrogens is 2. The van der Waals surface area contributed by atoms with Crippen molar-refractivity contribution >= 4 is 40.1 Å². The third-order valence-corrected chi connectivity index (χ3v) is 6.19. The van der Waals surface area contributed by atoms with E-state index in [0.717, 1.165) is 42.8 Å². The van der Waals surface area contributed by atoms with Gasteiger partial charge in [0.25, 0.3) is 5.91 Å². The van der Waals surface area contributed by atoms with E-state index in [-0.39, 0.29) is 18.2 Å². The molecular formula is C22H21ClN4O2. The predicted octanol–water partition coefficient (Wildman–Crippen LogP) is 3.73. The number of piperidine rings is 1. The minimum Gasteiger partial charge on any atom is -0.342 e. The first-order chi connectivity index (χ1) is 14.1. The highest BCUT2D eigenvalue weighted by Gasteiger charge is 2.43. The number of aromatic amines is 1. The van der Waals surface area contributed by atoms with Gasteiger partial charge in [0, 0.05) is 10.9 Å². The Morgan fingerprint density at radius 3 is 2.59 bits per heavy atom. The van der Waals surface area contributed by atoms with Crippen molar-refractivity contribution in [2.45, 2.75) is 31.2 Å². The van der Waals surface area contributed by atoms with Crippen LogP contribution in [0.2, 0.25) is 5.02 Å². The monoisotopic (exact) mass is 408 g/mol. The average Bonchev–Trinajstić information content (AvgIpc) is 3.29. The zero-order valence-electron chi connectivity index (χ0n) is 15.8. The standard InChI is InChI=1S/C22H21ClN4O2/c23-15-4-3-5-16(12-15)27-20(28)13-19(22(27)29)26-10-8-14(9-11-26)21-24-17-6-1-2-7-18(17)25-21/h1-7,12,14,19H,8-11,13H2,(H,24,25). The van der Waals surface area contributed by atoms with Crippen molar-refractivity contribution in [3.63, 3.8) is 0 Å². The molecule has 0 spiro atoms. The molecule has 6 nitrogen and oxygen atoms in total. The van der Waals surface area contributed by atoms with Crippen molar-refractivity contribution in [3.8, 4) is 0 Å². The molecule has 3 aromatic rings. The van der Waals surface area contributed by atoms with Crippen LogP contribution in [0.5, 0.6) is 0 Å². The van der Waals surface area contributed by atoms with Crippen molar-refractivity contribution in [2.24, 2.45) is 0 Å². The number of imide groups is 1. The molecule has 5 rings (SSSR count). The number of hydrogen-bond donors (Lipinski definition) is 1. The van der Waals surface area contributed by atoms with Crippen LogP contribution in [0, 0.1) is 0 Å². The quantitative estimate of drug-likeness (QED) is 0.670. The summed E-state index contributed by atoms with van der Waals surface area (Å²) in [6.45, 7) is 1.55. The second-order valence-electron chi connectivity index (χ2n) is 7.72. The maximum atomic E-state index is 13.0. The summed E-state index contributed by atoms with van der Waals surface area (Å²) in [5.74, 6) is 1.04. The van der Waals surface area contributed by atoms with Crippen LogP contribution in [0.15, 0.2) is 48.5 Å². The Bertz CT molecular complexity index is 1050. The van der Waals surface area contributed by atoms with Crippen LogP contribution in [0.3, 0.4) is 0 Å². The largest absolute Gasteiger partial charge is 0.342 e. The average molecular weight is 409 g/mol. The minimum atomic E-state index is -0.391. The van der Waals surface area contributed by atoms with E-state index in [4.69, 9.17) is 16.6 Å². The lowest BCUT2D eigenvalue weighted by Gasteiger charge is -2.34. The van der Waals surface area contributed by atoms with E-state index in [1.54, 1.807) is 24.3 Å². The summed E-state index contributed by atoms with van der Waals surface area (Å²) in [5, 5.41) is 0.512. The van der Waals surface area contributed by atoms with E-state index < -0.39 is 6.04 Å². The molecule has 2 saturated heterocycles. The fraction of sp³-hybridized carbons (Fsp3) is 0.318. The summed E-state index contributed by atoms with van der Waals surface area (Å²) in [6.07, 6.45) is 2.05. The second kappa shape index (κ2) is 7.28. The molecule has 3 heterocycles. The van der Waals surface area contributed by atoms with Gasteiger partial charge >= 0.3 is 0 Å². The van der Waals surface area contributed by atoms with Crippen LogP contribution in [0.4, 0.5) is 5.69 Å². The molecule has 1 atom stereocenters. The van der Waals surface area contributed by atoms with Crippen molar-refractivity contribution in [2.75, 3.05) is 18.0 Å². The number of amides is 2. The maximum absolute atomic E-state index is 13.0. The molecule has 0 radical (unpaired) electrons. The van der Waals surface area contributed by atoms with Gasteiger partial charge in [-0.1, -0.05) is 29.8 Å². The Hall–Kier alpha value is -2.70. The fourth-order valence-electron chi connectivity index (χ4n) is 4.44. The number of rotatable bonds is 3. The van der Waals surface area contributed by atoms with E-state index in [1.165, 1.54) is 4.90 Å². The number of carbonyl (C=O) groups is 2. The zero-order chi connectivity index (χ0) is 20.0. The molecule has 0 bridgehead atoms. The van der Waals surface area contributed by atoms with Crippen LogP contribution >= 0.6 is 11.6 Å². The maximum Gasteiger partial charge on any atom is 0.251 e. The van der Waals surface area contributed by atoms with E-state index in [0.29, 0.717) is 16.6 Å². The molecule has 29 heavy (non-hydrogen) atoms. The molecule has 2 fully saturated rings. The highest BCUT2D eigenvalue weighted by Crippen LogP contribution is 2.32. The summed E-state index contributed by atoms with van der Waals surface area (Å²) >= 11 is 6.04. The molecule has 148 valence electrons. The normalized spacial score (nSPS) is 21.4. The van der Waals surface area contributed by atoms with E-state index in [9.17, 15) is 9.59 Å². The van der Waals surface area contributed by atoms with Gasteiger partial charge in [0.15, 0.2) is 0 Å². The molecule has 2 aliphatic heterocycles. The number of para-hydroxylation sites is 2. The lowest BCUT2D eigenvalue weighted by atomic mass is 9.95. The van der Waals surface area contributed by atoms with Crippen LogP contribution in [0.25, 0.3) is 11.0 Å². The van der Waals surface area contributed by atoms with E-state index in [1.807, 2.05) is 24.3 Å². The van der Waals surface area contributed by atoms with Gasteiger partial charge in [0.2, 0.25) is 5.91 Å². The van der Waals surface area contributed by atoms with Crippen molar-refractivity contribution in [3.05, 3.63) is 59.4 Å². The molecule has 1 aromatic heterocycles. The Kier molecular flexibility index (Phi) is 4.60. The Labute approximate surface area is 173 Å². The van der Waals surface area contributed by atoms with Gasteiger partial charge in [0.1, 0.15) is 5.82 Å². The van der Waals surface area contributed by atoms with Gasteiger partial charge in [-0.2, -0.15) is 0 Å². The summed E-state index contributed by atoms with van der Waals surface area (Å²) in [6, 6.07) is 14.5. The van der Waals surface area contributed by atoms with Crippen molar-refractivity contribution in [1.82, 2.24) is 14.9 Å². The van der Waals surface area contributed by atoms with Gasteiger partial charge in [-0.25, -0.2) is 9.88 Å². The topological polar surface area (TPSA) is 69.3 Å². The number of benzene rings is 2. The van der Waals surface area contributed by atoms with Crippen LogP contribution < -0.4 is 4.90 Å². The lowest BCUT2D eigenvalue weighted by Crippen LogP contribution is -2.45. The van der Waals surface area contributed by atoms with Gasteiger partial charge < -0.3 is 4.98 Å². The number of hydrogen-bond acceptors (Lipinski definition) is 4. The number of anilines is 1. The molecule has 2 aliphatic rings. The molecule has 7 heteroatoms. The molecule has 0 saturated carbocycles. The third kappa shape index (κ3) is 3.32. The Morgan fingerprint density at radius 2 is 1.83 bits per heavy atom. The second-order valence-corrected chi connectivity index (χ2v) is 8.15. The van der Waals surface area contributed by atoms with Gasteiger partial charge in [-0.3, -0.25) is 14.5 Å². The molecule has 1 unspecified atom stereocenters. The van der Waals surface area contributed by atoms with Crippen molar-refractivity contribution < 1.29 is 9.59 Å². The number of likely N-dealkylation sites (tertiary alicyclic amines) is 1. The SMILES string of the molecule is O=C1CC(N2CCC(c3nc4ccccc4[nH]3)CC2)C(=O)N1c1cccc(Cl)c1. The first kappa shape index (κ1) is 18.3. The first-order valence-electron chi connectivity index (χ1n) is 9.91. The number of imidazole rings is 1. The molecule has 2 amide bonds. The minimum absolute atomic E-state index is 0.153. The highest BCUT2D eigenvalue weighted by atomic mass is 35.5. The first-order valence-corrected chi connectivity index (χ1v) is 10.3. The number of fused-ring (bicyclic) bond motifs is 1. The van der Waals surface area contributed by atoms with E-state index >= 15 is 0 Å². The van der Waals surface area contributed by atoms with Crippen molar-refractivity contribution in [1.29, 1.82) is 0 Å². The predicted molar refractivity (Wildman–Crippen MR) is 112 cm³/mol. The van der Waals surface area contributed by atoms with Crippen LogP contribution in [-0.4, -0.2) is 45.8 Å². The zero-order valence-corrected chi connectivity index (χ0v) is 16.6. The summed E-state index contributed by atoms with van der Waals surface area (Å²) in [7, 11) is 0. The number of nitrogens with one attached hydrogen (secondary N) is 1. The summed E-state index contributed by atoms with van der Waals surface area (Å²) in [5.41, 5.74) is 2.59. The molecule has 0 aliphatic carbocycles. The Morgan fingerprint density at radius 1 is 1.03 bits per heavy atom. The van der Waals surface area contributed by atoms with Gasteiger partial charge in [0.05, 0.1) is 29.2 Å². The molecular weight excluding hydrogens is 388 g/mol. The van der Waals surface area contributed by atoms with Gasteiger partial charge in [-0.15, -0.1) is 0 Å². The van der Waals surface area contributed by atoms with E-state index in [2.05, 4.69) is 9.88 Å². The Balaban J connectivity index is 1.28.